The molecule has 0 spiro atoms. The van der Waals surface area contributed by atoms with Crippen LogP contribution < -0.4 is 4.74 Å². The summed E-state index contributed by atoms with van der Waals surface area (Å²) in [6.07, 6.45) is 2.93. The van der Waals surface area contributed by atoms with Crippen molar-refractivity contribution in [2.24, 2.45) is 5.92 Å². The summed E-state index contributed by atoms with van der Waals surface area (Å²) in [6, 6.07) is 7.44. The number of benzene rings is 1. The van der Waals surface area contributed by atoms with Gasteiger partial charge in [0.25, 0.3) is 0 Å². The van der Waals surface area contributed by atoms with E-state index in [4.69, 9.17) is 21.1 Å². The number of rotatable bonds is 7. The second kappa shape index (κ2) is 9.01. The number of ether oxygens (including phenoxy) is 2. The zero-order chi connectivity index (χ0) is 15.8. The number of piperidine rings is 1. The zero-order valence-corrected chi connectivity index (χ0v) is 13.8. The molecule has 0 radical (unpaired) electrons. The van der Waals surface area contributed by atoms with Gasteiger partial charge in [0, 0.05) is 18.1 Å². The molecule has 0 aromatic heterocycles. The molecule has 22 heavy (non-hydrogen) atoms. The zero-order valence-electron chi connectivity index (χ0n) is 13.1. The lowest BCUT2D eigenvalue weighted by Crippen LogP contribution is -2.40. The quantitative estimate of drug-likeness (QED) is 0.569. The Morgan fingerprint density at radius 3 is 3.09 bits per heavy atom. The molecule has 2 rings (SSSR count). The molecule has 0 aliphatic carbocycles. The number of hydrogen-bond acceptors (Lipinski definition) is 4. The lowest BCUT2D eigenvalue weighted by atomic mass is 9.98. The van der Waals surface area contributed by atoms with Crippen molar-refractivity contribution in [2.75, 3.05) is 32.8 Å². The van der Waals surface area contributed by atoms with E-state index in [9.17, 15) is 4.79 Å². The highest BCUT2D eigenvalue weighted by atomic mass is 35.5. The first-order chi connectivity index (χ1) is 10.7. The molecule has 0 unspecified atom stereocenters. The second-order valence-corrected chi connectivity index (χ2v) is 5.99. The first-order valence-electron chi connectivity index (χ1n) is 7.96. The predicted molar refractivity (Wildman–Crippen MR) is 87.4 cm³/mol. The van der Waals surface area contributed by atoms with E-state index >= 15 is 0 Å². The molecule has 1 aliphatic heterocycles. The van der Waals surface area contributed by atoms with Crippen molar-refractivity contribution in [3.63, 3.8) is 0 Å². The van der Waals surface area contributed by atoms with Crippen LogP contribution in [-0.2, 0) is 9.53 Å². The van der Waals surface area contributed by atoms with Crippen LogP contribution in [0.15, 0.2) is 24.3 Å². The third-order valence-electron chi connectivity index (χ3n) is 3.81. The Labute approximate surface area is 137 Å². The summed E-state index contributed by atoms with van der Waals surface area (Å²) in [5.74, 6) is 0.778. The van der Waals surface area contributed by atoms with Crippen molar-refractivity contribution in [1.82, 2.24) is 4.90 Å². The van der Waals surface area contributed by atoms with Gasteiger partial charge in [0.2, 0.25) is 0 Å². The van der Waals surface area contributed by atoms with E-state index in [0.717, 1.165) is 44.6 Å². The van der Waals surface area contributed by atoms with Crippen LogP contribution in [-0.4, -0.2) is 43.7 Å². The summed E-state index contributed by atoms with van der Waals surface area (Å²) in [6.45, 7) is 5.76. The van der Waals surface area contributed by atoms with Gasteiger partial charge in [-0.2, -0.15) is 0 Å². The molecule has 1 saturated heterocycles. The van der Waals surface area contributed by atoms with Crippen LogP contribution in [0, 0.1) is 5.92 Å². The molecule has 122 valence electrons. The topological polar surface area (TPSA) is 38.8 Å². The highest BCUT2D eigenvalue weighted by Gasteiger charge is 2.26. The Morgan fingerprint density at radius 1 is 1.45 bits per heavy atom. The van der Waals surface area contributed by atoms with Crippen LogP contribution >= 0.6 is 11.6 Å². The Kier molecular flexibility index (Phi) is 7.00. The molecule has 1 aromatic carbocycles. The Bertz CT molecular complexity index is 481. The Morgan fingerprint density at radius 2 is 2.32 bits per heavy atom. The summed E-state index contributed by atoms with van der Waals surface area (Å²) in [5, 5.41) is 0.686. The van der Waals surface area contributed by atoms with Gasteiger partial charge in [0.15, 0.2) is 0 Å². The summed E-state index contributed by atoms with van der Waals surface area (Å²) in [7, 11) is 0. The molecule has 1 fully saturated rings. The number of esters is 1. The Hall–Kier alpha value is -1.26. The van der Waals surface area contributed by atoms with Crippen molar-refractivity contribution in [3.05, 3.63) is 29.3 Å². The average molecular weight is 326 g/mol. The minimum Gasteiger partial charge on any atom is -0.493 e. The van der Waals surface area contributed by atoms with Crippen molar-refractivity contribution in [2.45, 2.75) is 26.2 Å². The second-order valence-electron chi connectivity index (χ2n) is 5.55. The maximum atomic E-state index is 11.8. The molecule has 0 saturated carbocycles. The SMILES string of the molecule is CCOC(=O)[C@@H]1CCCN(CCCOc2cccc(Cl)c2)C1. The van der Waals surface area contributed by atoms with Crippen LogP contribution in [0.3, 0.4) is 0 Å². The molecular weight excluding hydrogens is 302 g/mol. The summed E-state index contributed by atoms with van der Waals surface area (Å²) < 4.78 is 10.8. The van der Waals surface area contributed by atoms with Crippen LogP contribution in [0.1, 0.15) is 26.2 Å². The van der Waals surface area contributed by atoms with E-state index in [-0.39, 0.29) is 11.9 Å². The van der Waals surface area contributed by atoms with Crippen LogP contribution in [0.2, 0.25) is 5.02 Å². The van der Waals surface area contributed by atoms with E-state index in [2.05, 4.69) is 4.90 Å². The lowest BCUT2D eigenvalue weighted by Gasteiger charge is -2.31. The maximum absolute atomic E-state index is 11.8. The number of carbonyl (C=O) groups excluding carboxylic acids is 1. The summed E-state index contributed by atoms with van der Waals surface area (Å²) in [5.41, 5.74) is 0. The predicted octanol–water partition coefficient (Wildman–Crippen LogP) is 3.38. The van der Waals surface area contributed by atoms with Gasteiger partial charge in [-0.05, 0) is 50.9 Å². The number of halogens is 1. The molecular formula is C17H24ClNO3. The van der Waals surface area contributed by atoms with Crippen LogP contribution in [0.25, 0.3) is 0 Å². The average Bonchev–Trinajstić information content (AvgIpc) is 2.52. The smallest absolute Gasteiger partial charge is 0.310 e. The monoisotopic (exact) mass is 325 g/mol. The Balaban J connectivity index is 1.67. The highest BCUT2D eigenvalue weighted by Crippen LogP contribution is 2.19. The van der Waals surface area contributed by atoms with Crippen molar-refractivity contribution < 1.29 is 14.3 Å². The third kappa shape index (κ3) is 5.50. The fraction of sp³-hybridized carbons (Fsp3) is 0.588. The molecule has 1 atom stereocenters. The number of hydrogen-bond donors (Lipinski definition) is 0. The van der Waals surface area contributed by atoms with Crippen molar-refractivity contribution in [3.8, 4) is 5.75 Å². The van der Waals surface area contributed by atoms with E-state index < -0.39 is 0 Å². The molecule has 5 heteroatoms. The molecule has 0 amide bonds. The fourth-order valence-corrected chi connectivity index (χ4v) is 2.93. The fourth-order valence-electron chi connectivity index (χ4n) is 2.75. The normalized spacial score (nSPS) is 18.9. The van der Waals surface area contributed by atoms with Gasteiger partial charge in [0.05, 0.1) is 19.1 Å². The molecule has 1 heterocycles. The maximum Gasteiger partial charge on any atom is 0.310 e. The summed E-state index contributed by atoms with van der Waals surface area (Å²) in [4.78, 5) is 14.1. The number of nitrogens with zero attached hydrogens (tertiary/aromatic N) is 1. The van der Waals surface area contributed by atoms with Gasteiger partial charge in [-0.15, -0.1) is 0 Å². The van der Waals surface area contributed by atoms with Crippen molar-refractivity contribution in [1.29, 1.82) is 0 Å². The lowest BCUT2D eigenvalue weighted by molar-refractivity contribution is -0.149. The van der Waals surface area contributed by atoms with Crippen LogP contribution in [0.5, 0.6) is 5.75 Å². The summed E-state index contributed by atoms with van der Waals surface area (Å²) >= 11 is 5.92. The largest absolute Gasteiger partial charge is 0.493 e. The standard InChI is InChI=1S/C17H24ClNO3/c1-2-21-17(20)14-6-4-9-19(13-14)10-5-11-22-16-8-3-7-15(18)12-16/h3,7-8,12,14H,2,4-6,9-11,13H2,1H3/t14-/m1/s1. The first kappa shape index (κ1) is 17.1. The van der Waals surface area contributed by atoms with Gasteiger partial charge in [-0.3, -0.25) is 4.79 Å². The number of likely N-dealkylation sites (tertiary alicyclic amines) is 1. The van der Waals surface area contributed by atoms with E-state index in [1.54, 1.807) is 0 Å². The van der Waals surface area contributed by atoms with Crippen LogP contribution in [0.4, 0.5) is 0 Å². The molecule has 1 aromatic rings. The minimum absolute atomic E-state index is 0.0301. The van der Waals surface area contributed by atoms with E-state index in [0.29, 0.717) is 18.2 Å². The van der Waals surface area contributed by atoms with Gasteiger partial charge in [0.1, 0.15) is 5.75 Å². The van der Waals surface area contributed by atoms with Gasteiger partial charge < -0.3 is 14.4 Å². The number of carbonyl (C=O) groups is 1. The molecule has 4 nitrogen and oxygen atoms in total. The molecule has 0 bridgehead atoms. The van der Waals surface area contributed by atoms with E-state index in [1.165, 1.54) is 0 Å². The molecule has 0 N–H and O–H groups in total. The van der Waals surface area contributed by atoms with Gasteiger partial charge in [-0.1, -0.05) is 17.7 Å². The minimum atomic E-state index is -0.0534. The van der Waals surface area contributed by atoms with Crippen molar-refractivity contribution >= 4 is 17.6 Å². The first-order valence-corrected chi connectivity index (χ1v) is 8.34. The highest BCUT2D eigenvalue weighted by molar-refractivity contribution is 6.30. The van der Waals surface area contributed by atoms with E-state index in [1.807, 2.05) is 31.2 Å². The van der Waals surface area contributed by atoms with Gasteiger partial charge in [-0.25, -0.2) is 0 Å². The van der Waals surface area contributed by atoms with Gasteiger partial charge >= 0.3 is 5.97 Å². The third-order valence-corrected chi connectivity index (χ3v) is 4.04. The molecule has 1 aliphatic rings.